The predicted molar refractivity (Wildman–Crippen MR) is 115 cm³/mol. The average Bonchev–Trinajstić information content (AvgIpc) is 2.70. The number of aromatic nitrogens is 2. The molecule has 8 heteroatoms. The van der Waals surface area contributed by atoms with Crippen LogP contribution in [0.25, 0.3) is 10.9 Å². The van der Waals surface area contributed by atoms with Gasteiger partial charge in [-0.2, -0.15) is 5.10 Å². The second kappa shape index (κ2) is 8.96. The van der Waals surface area contributed by atoms with Gasteiger partial charge >= 0.3 is 5.69 Å². The summed E-state index contributed by atoms with van der Waals surface area (Å²) in [6, 6.07) is 10.1. The first kappa shape index (κ1) is 20.7. The number of nitrogens with one attached hydrogen (secondary N) is 1. The summed E-state index contributed by atoms with van der Waals surface area (Å²) in [5.41, 5.74) is -0.108. The second-order valence-electron chi connectivity index (χ2n) is 6.44. The number of ether oxygens (including phenoxy) is 2. The van der Waals surface area contributed by atoms with E-state index in [1.807, 2.05) is 20.8 Å². The van der Waals surface area contributed by atoms with Gasteiger partial charge in [-0.05, 0) is 50.1 Å². The van der Waals surface area contributed by atoms with E-state index in [9.17, 15) is 9.59 Å². The molecule has 0 aliphatic heterocycles. The summed E-state index contributed by atoms with van der Waals surface area (Å²) in [6.45, 7) is 6.24. The lowest BCUT2D eigenvalue weighted by molar-refractivity contribution is 0.203. The highest BCUT2D eigenvalue weighted by Crippen LogP contribution is 2.37. The quantitative estimate of drug-likeness (QED) is 0.594. The summed E-state index contributed by atoms with van der Waals surface area (Å²) in [7, 11) is 0. The van der Waals surface area contributed by atoms with Gasteiger partial charge in [-0.25, -0.2) is 4.79 Å². The van der Waals surface area contributed by atoms with Crippen LogP contribution in [-0.2, 0) is 0 Å². The summed E-state index contributed by atoms with van der Waals surface area (Å²) >= 11 is 6.39. The second-order valence-corrected chi connectivity index (χ2v) is 6.84. The Bertz CT molecular complexity index is 1170. The summed E-state index contributed by atoms with van der Waals surface area (Å²) in [6.07, 6.45) is 2.17. The SMILES string of the molecule is CCOc1cc(C=Nn2c(=O)[nH]c3ccccc3c2=O)cc(Cl)c1OC(C)CC. The molecule has 1 unspecified atom stereocenters. The molecular formula is C21H22ClN3O4. The predicted octanol–water partition coefficient (Wildman–Crippen LogP) is 3.80. The molecule has 1 atom stereocenters. The third-order valence-electron chi connectivity index (χ3n) is 4.33. The van der Waals surface area contributed by atoms with Crippen molar-refractivity contribution in [1.29, 1.82) is 0 Å². The fraction of sp³-hybridized carbons (Fsp3) is 0.286. The van der Waals surface area contributed by atoms with Crippen LogP contribution < -0.4 is 20.7 Å². The Morgan fingerprint density at radius 1 is 1.24 bits per heavy atom. The molecule has 0 aliphatic carbocycles. The Morgan fingerprint density at radius 2 is 2.00 bits per heavy atom. The summed E-state index contributed by atoms with van der Waals surface area (Å²) in [5.74, 6) is 0.933. The van der Waals surface area contributed by atoms with Gasteiger partial charge in [-0.3, -0.25) is 4.79 Å². The molecule has 29 heavy (non-hydrogen) atoms. The maximum Gasteiger partial charge on any atom is 0.349 e. The van der Waals surface area contributed by atoms with Crippen LogP contribution in [0.1, 0.15) is 32.8 Å². The van der Waals surface area contributed by atoms with E-state index in [0.717, 1.165) is 11.1 Å². The molecule has 1 aromatic heterocycles. The van der Waals surface area contributed by atoms with Crippen LogP contribution in [0.5, 0.6) is 11.5 Å². The van der Waals surface area contributed by atoms with Gasteiger partial charge in [0, 0.05) is 0 Å². The molecule has 1 N–H and O–H groups in total. The van der Waals surface area contributed by atoms with E-state index >= 15 is 0 Å². The van der Waals surface area contributed by atoms with Crippen molar-refractivity contribution in [3.63, 3.8) is 0 Å². The molecule has 0 radical (unpaired) electrons. The fourth-order valence-electron chi connectivity index (χ4n) is 2.71. The number of nitrogens with zero attached hydrogens (tertiary/aromatic N) is 2. The monoisotopic (exact) mass is 415 g/mol. The number of hydrogen-bond acceptors (Lipinski definition) is 5. The highest BCUT2D eigenvalue weighted by Gasteiger charge is 2.15. The Morgan fingerprint density at radius 3 is 2.72 bits per heavy atom. The lowest BCUT2D eigenvalue weighted by Gasteiger charge is -2.18. The van der Waals surface area contributed by atoms with Crippen molar-refractivity contribution in [2.45, 2.75) is 33.3 Å². The zero-order valence-corrected chi connectivity index (χ0v) is 17.2. The number of benzene rings is 2. The summed E-state index contributed by atoms with van der Waals surface area (Å²) in [5, 5.41) is 4.78. The Labute approximate surface area is 172 Å². The molecule has 0 aliphatic rings. The number of aromatic amines is 1. The Balaban J connectivity index is 2.02. The first-order chi connectivity index (χ1) is 13.9. The molecule has 0 spiro atoms. The van der Waals surface area contributed by atoms with E-state index in [2.05, 4.69) is 10.1 Å². The number of H-pyrrole nitrogens is 1. The van der Waals surface area contributed by atoms with Crippen molar-refractivity contribution in [3.05, 3.63) is 67.8 Å². The average molecular weight is 416 g/mol. The Hall–Kier alpha value is -3.06. The van der Waals surface area contributed by atoms with Crippen molar-refractivity contribution in [2.75, 3.05) is 6.61 Å². The van der Waals surface area contributed by atoms with Crippen LogP contribution in [0.15, 0.2) is 51.1 Å². The van der Waals surface area contributed by atoms with Gasteiger partial charge in [0.25, 0.3) is 5.56 Å². The normalized spacial score (nSPS) is 12.4. The number of halogens is 1. The molecular weight excluding hydrogens is 394 g/mol. The van der Waals surface area contributed by atoms with Gasteiger partial charge in [-0.15, -0.1) is 4.68 Å². The van der Waals surface area contributed by atoms with E-state index in [-0.39, 0.29) is 6.10 Å². The number of fused-ring (bicyclic) bond motifs is 1. The van der Waals surface area contributed by atoms with E-state index in [4.69, 9.17) is 21.1 Å². The van der Waals surface area contributed by atoms with Crippen LogP contribution in [0.4, 0.5) is 0 Å². The molecule has 0 fully saturated rings. The third kappa shape index (κ3) is 4.51. The molecule has 3 aromatic rings. The zero-order chi connectivity index (χ0) is 21.0. The van der Waals surface area contributed by atoms with E-state index < -0.39 is 11.2 Å². The number of rotatable bonds is 7. The van der Waals surface area contributed by atoms with Gasteiger partial charge in [0.15, 0.2) is 11.5 Å². The maximum atomic E-state index is 12.6. The minimum absolute atomic E-state index is 0.0269. The zero-order valence-electron chi connectivity index (χ0n) is 16.4. The highest BCUT2D eigenvalue weighted by molar-refractivity contribution is 6.32. The van der Waals surface area contributed by atoms with Crippen molar-refractivity contribution < 1.29 is 9.47 Å². The van der Waals surface area contributed by atoms with E-state index in [1.54, 1.807) is 36.4 Å². The van der Waals surface area contributed by atoms with Crippen LogP contribution in [0.3, 0.4) is 0 Å². The standard InChI is InChI=1S/C21H22ClN3O4/c1-4-13(3)29-19-16(22)10-14(11-18(19)28-5-2)12-23-25-20(26)15-8-6-7-9-17(15)24-21(25)27/h6-13H,4-5H2,1-3H3,(H,24,27). The largest absolute Gasteiger partial charge is 0.490 e. The molecule has 0 saturated heterocycles. The molecule has 0 saturated carbocycles. The fourth-order valence-corrected chi connectivity index (χ4v) is 2.97. The molecule has 152 valence electrons. The maximum absolute atomic E-state index is 12.6. The first-order valence-corrected chi connectivity index (χ1v) is 9.73. The van der Waals surface area contributed by atoms with Gasteiger partial charge in [-0.1, -0.05) is 30.7 Å². The van der Waals surface area contributed by atoms with Gasteiger partial charge < -0.3 is 14.5 Å². The van der Waals surface area contributed by atoms with Gasteiger partial charge in [0.2, 0.25) is 0 Å². The number of para-hydroxylation sites is 1. The molecule has 0 amide bonds. The lowest BCUT2D eigenvalue weighted by Crippen LogP contribution is -2.32. The third-order valence-corrected chi connectivity index (χ3v) is 4.61. The van der Waals surface area contributed by atoms with Crippen LogP contribution in [0, 0.1) is 0 Å². The Kier molecular flexibility index (Phi) is 6.39. The molecule has 2 aromatic carbocycles. The van der Waals surface area contributed by atoms with Gasteiger partial charge in [0.05, 0.1) is 34.9 Å². The molecule has 0 bridgehead atoms. The molecule has 7 nitrogen and oxygen atoms in total. The van der Waals surface area contributed by atoms with E-state index in [1.165, 1.54) is 6.21 Å². The molecule has 3 rings (SSSR count). The smallest absolute Gasteiger partial charge is 0.349 e. The van der Waals surface area contributed by atoms with Gasteiger partial charge in [0.1, 0.15) is 0 Å². The van der Waals surface area contributed by atoms with Crippen molar-refractivity contribution in [1.82, 2.24) is 9.66 Å². The van der Waals surface area contributed by atoms with E-state index in [0.29, 0.717) is 39.6 Å². The minimum Gasteiger partial charge on any atom is -0.490 e. The van der Waals surface area contributed by atoms with Crippen molar-refractivity contribution in [3.8, 4) is 11.5 Å². The van der Waals surface area contributed by atoms with Crippen LogP contribution >= 0.6 is 11.6 Å². The lowest BCUT2D eigenvalue weighted by atomic mass is 10.2. The first-order valence-electron chi connectivity index (χ1n) is 9.36. The van der Waals surface area contributed by atoms with Crippen molar-refractivity contribution in [2.24, 2.45) is 5.10 Å². The minimum atomic E-state index is -0.627. The highest BCUT2D eigenvalue weighted by atomic mass is 35.5. The summed E-state index contributed by atoms with van der Waals surface area (Å²) < 4.78 is 12.3. The van der Waals surface area contributed by atoms with Crippen LogP contribution in [-0.4, -0.2) is 28.6 Å². The van der Waals surface area contributed by atoms with Crippen LogP contribution in [0.2, 0.25) is 5.02 Å². The topological polar surface area (TPSA) is 85.7 Å². The summed E-state index contributed by atoms with van der Waals surface area (Å²) in [4.78, 5) is 27.5. The molecule has 1 heterocycles. The van der Waals surface area contributed by atoms with Crippen molar-refractivity contribution >= 4 is 28.7 Å². The number of hydrogen-bond donors (Lipinski definition) is 1.